The molecule has 0 spiro atoms. The van der Waals surface area contributed by atoms with E-state index in [0.29, 0.717) is 19.0 Å². The van der Waals surface area contributed by atoms with Gasteiger partial charge < -0.3 is 20.4 Å². The van der Waals surface area contributed by atoms with E-state index < -0.39 is 0 Å². The minimum Gasteiger partial charge on any atom is -0.459 e. The van der Waals surface area contributed by atoms with Crippen LogP contribution in [0.5, 0.6) is 0 Å². The Bertz CT molecular complexity index is 691. The average Bonchev–Trinajstić information content (AvgIpc) is 2.89. The topological polar surface area (TPSA) is 78.7 Å². The Kier molecular flexibility index (Phi) is 6.02. The van der Waals surface area contributed by atoms with E-state index in [1.54, 1.807) is 7.05 Å². The third kappa shape index (κ3) is 4.48. The number of fused-ring (bicyclic) bond motifs is 1. The second-order valence-electron chi connectivity index (χ2n) is 5.28. The number of furan rings is 1. The lowest BCUT2D eigenvalue weighted by atomic mass is 10.1. The van der Waals surface area contributed by atoms with Crippen molar-refractivity contribution in [1.82, 2.24) is 16.0 Å². The van der Waals surface area contributed by atoms with Crippen LogP contribution in [0.3, 0.4) is 0 Å². The number of nitrogens with zero attached hydrogens (tertiary/aromatic N) is 1. The number of para-hydroxylation sites is 1. The predicted octanol–water partition coefficient (Wildman–Crippen LogP) is 1.93. The maximum absolute atomic E-state index is 11.6. The van der Waals surface area contributed by atoms with Gasteiger partial charge in [0.25, 0.3) is 0 Å². The first kappa shape index (κ1) is 16.9. The van der Waals surface area contributed by atoms with Crippen molar-refractivity contribution in [2.24, 2.45) is 4.99 Å². The molecule has 0 saturated heterocycles. The minimum absolute atomic E-state index is 0.0466. The van der Waals surface area contributed by atoms with Gasteiger partial charge in [-0.15, -0.1) is 0 Å². The molecule has 0 radical (unpaired) electrons. The van der Waals surface area contributed by atoms with Crippen molar-refractivity contribution in [1.29, 1.82) is 0 Å². The average molecular weight is 316 g/mol. The van der Waals surface area contributed by atoms with E-state index in [1.165, 1.54) is 0 Å². The Hall–Kier alpha value is -2.50. The van der Waals surface area contributed by atoms with Crippen LogP contribution in [0.4, 0.5) is 0 Å². The van der Waals surface area contributed by atoms with Gasteiger partial charge in [0, 0.05) is 24.5 Å². The number of aryl methyl sites for hydroxylation is 1. The first-order valence-corrected chi connectivity index (χ1v) is 7.84. The zero-order valence-corrected chi connectivity index (χ0v) is 13.9. The minimum atomic E-state index is -0.0466. The van der Waals surface area contributed by atoms with Crippen LogP contribution in [0.1, 0.15) is 24.7 Å². The van der Waals surface area contributed by atoms with E-state index in [4.69, 9.17) is 4.42 Å². The molecule has 0 saturated carbocycles. The van der Waals surface area contributed by atoms with Crippen LogP contribution in [0.25, 0.3) is 11.0 Å². The summed E-state index contributed by atoms with van der Waals surface area (Å²) in [5.41, 5.74) is 1.99. The highest BCUT2D eigenvalue weighted by molar-refractivity contribution is 5.86. The largest absolute Gasteiger partial charge is 0.459 e. The number of hydrogen-bond acceptors (Lipinski definition) is 3. The van der Waals surface area contributed by atoms with E-state index in [0.717, 1.165) is 28.7 Å². The van der Waals surface area contributed by atoms with Crippen molar-refractivity contribution in [3.63, 3.8) is 0 Å². The molecular weight excluding hydrogens is 292 g/mol. The molecule has 0 aliphatic heterocycles. The van der Waals surface area contributed by atoms with Crippen molar-refractivity contribution in [2.45, 2.75) is 26.8 Å². The number of benzene rings is 1. The maximum Gasteiger partial charge on any atom is 0.239 e. The van der Waals surface area contributed by atoms with Crippen molar-refractivity contribution in [2.75, 3.05) is 20.1 Å². The lowest BCUT2D eigenvalue weighted by Crippen LogP contribution is -2.43. The molecule has 23 heavy (non-hydrogen) atoms. The second-order valence-corrected chi connectivity index (χ2v) is 5.28. The molecule has 2 rings (SSSR count). The second kappa shape index (κ2) is 8.22. The zero-order chi connectivity index (χ0) is 16.7. The van der Waals surface area contributed by atoms with Crippen LogP contribution in [0, 0.1) is 6.92 Å². The maximum atomic E-state index is 11.6. The van der Waals surface area contributed by atoms with Gasteiger partial charge in [0.05, 0.1) is 13.1 Å². The van der Waals surface area contributed by atoms with Gasteiger partial charge in [0.15, 0.2) is 5.96 Å². The molecule has 1 aromatic heterocycles. The summed E-state index contributed by atoms with van der Waals surface area (Å²) < 4.78 is 5.85. The van der Waals surface area contributed by atoms with Gasteiger partial charge in [0.2, 0.25) is 5.91 Å². The normalized spacial score (nSPS) is 11.5. The summed E-state index contributed by atoms with van der Waals surface area (Å²) in [7, 11) is 1.67. The van der Waals surface area contributed by atoms with Crippen LogP contribution in [0.15, 0.2) is 33.7 Å². The molecule has 1 amide bonds. The van der Waals surface area contributed by atoms with Gasteiger partial charge in [-0.25, -0.2) is 0 Å². The molecular formula is C17H24N4O2. The molecule has 0 atom stereocenters. The van der Waals surface area contributed by atoms with E-state index >= 15 is 0 Å². The quantitative estimate of drug-likeness (QED) is 0.562. The van der Waals surface area contributed by atoms with Crippen LogP contribution in [-0.4, -0.2) is 32.0 Å². The standard InChI is InChI=1S/C17H24N4O2/c1-4-9-19-16(22)11-21-17(18-3)20-10-15-12(2)13-7-5-6-8-14(13)23-15/h5-8H,4,9-11H2,1-3H3,(H,19,22)(H2,18,20,21). The van der Waals surface area contributed by atoms with Crippen molar-refractivity contribution in [3.05, 3.63) is 35.6 Å². The Morgan fingerprint density at radius 2 is 2.00 bits per heavy atom. The molecule has 2 aromatic rings. The monoisotopic (exact) mass is 316 g/mol. The third-order valence-corrected chi connectivity index (χ3v) is 3.57. The number of aliphatic imine (C=N–C) groups is 1. The third-order valence-electron chi connectivity index (χ3n) is 3.57. The first-order valence-electron chi connectivity index (χ1n) is 7.84. The Balaban J connectivity index is 1.90. The highest BCUT2D eigenvalue weighted by atomic mass is 16.3. The number of amides is 1. The summed E-state index contributed by atoms with van der Waals surface area (Å²) in [6.45, 7) is 5.45. The molecule has 0 fully saturated rings. The predicted molar refractivity (Wildman–Crippen MR) is 92.5 cm³/mol. The smallest absolute Gasteiger partial charge is 0.239 e. The summed E-state index contributed by atoms with van der Waals surface area (Å²) in [6, 6.07) is 7.95. The Morgan fingerprint density at radius 3 is 2.70 bits per heavy atom. The van der Waals surface area contributed by atoms with Gasteiger partial charge in [-0.2, -0.15) is 0 Å². The van der Waals surface area contributed by atoms with E-state index in [9.17, 15) is 4.79 Å². The van der Waals surface area contributed by atoms with Crippen molar-refractivity contribution >= 4 is 22.8 Å². The molecule has 1 heterocycles. The fourth-order valence-corrected chi connectivity index (χ4v) is 2.27. The molecule has 124 valence electrons. The van der Waals surface area contributed by atoms with Gasteiger partial charge in [-0.1, -0.05) is 25.1 Å². The number of rotatable bonds is 6. The molecule has 3 N–H and O–H groups in total. The lowest BCUT2D eigenvalue weighted by molar-refractivity contribution is -0.120. The van der Waals surface area contributed by atoms with Crippen LogP contribution >= 0.6 is 0 Å². The van der Waals surface area contributed by atoms with E-state index in [-0.39, 0.29) is 12.5 Å². The summed E-state index contributed by atoms with van der Waals surface area (Å²) in [6.07, 6.45) is 0.921. The molecule has 0 unspecified atom stereocenters. The van der Waals surface area contributed by atoms with Crippen LogP contribution in [0.2, 0.25) is 0 Å². The molecule has 6 nitrogen and oxygen atoms in total. The highest BCUT2D eigenvalue weighted by Gasteiger charge is 2.10. The number of nitrogens with one attached hydrogen (secondary N) is 3. The SMILES string of the molecule is CCCNC(=O)CNC(=NC)NCc1oc2ccccc2c1C. The summed E-state index contributed by atoms with van der Waals surface area (Å²) >= 11 is 0. The van der Waals surface area contributed by atoms with Crippen LogP contribution in [-0.2, 0) is 11.3 Å². The number of carbonyl (C=O) groups excluding carboxylic acids is 1. The van der Waals surface area contributed by atoms with Gasteiger partial charge in [-0.05, 0) is 19.4 Å². The Labute approximate surface area is 136 Å². The molecule has 0 aliphatic carbocycles. The van der Waals surface area contributed by atoms with E-state index in [1.807, 2.05) is 38.1 Å². The molecule has 0 bridgehead atoms. The first-order chi connectivity index (χ1) is 11.2. The highest BCUT2D eigenvalue weighted by Crippen LogP contribution is 2.24. The van der Waals surface area contributed by atoms with Gasteiger partial charge in [0.1, 0.15) is 11.3 Å². The van der Waals surface area contributed by atoms with Crippen molar-refractivity contribution in [3.8, 4) is 0 Å². The Morgan fingerprint density at radius 1 is 1.22 bits per heavy atom. The van der Waals surface area contributed by atoms with E-state index in [2.05, 4.69) is 20.9 Å². The zero-order valence-electron chi connectivity index (χ0n) is 13.9. The van der Waals surface area contributed by atoms with Gasteiger partial charge in [-0.3, -0.25) is 9.79 Å². The van der Waals surface area contributed by atoms with Crippen LogP contribution < -0.4 is 16.0 Å². The fourth-order valence-electron chi connectivity index (χ4n) is 2.27. The number of carbonyl (C=O) groups is 1. The van der Waals surface area contributed by atoms with Gasteiger partial charge >= 0.3 is 0 Å². The summed E-state index contributed by atoms with van der Waals surface area (Å²) in [5.74, 6) is 1.39. The summed E-state index contributed by atoms with van der Waals surface area (Å²) in [4.78, 5) is 15.7. The summed E-state index contributed by atoms with van der Waals surface area (Å²) in [5, 5.41) is 10.1. The van der Waals surface area contributed by atoms with Crippen molar-refractivity contribution < 1.29 is 9.21 Å². The molecule has 0 aliphatic rings. The molecule has 1 aromatic carbocycles. The lowest BCUT2D eigenvalue weighted by Gasteiger charge is -2.11. The number of guanidine groups is 1. The fraction of sp³-hybridized carbons (Fsp3) is 0.412. The molecule has 6 heteroatoms. The number of hydrogen-bond donors (Lipinski definition) is 3.